The molecule has 0 saturated heterocycles. The highest BCUT2D eigenvalue weighted by molar-refractivity contribution is 7.88. The van der Waals surface area contributed by atoms with Gasteiger partial charge >= 0.3 is 0 Å². The van der Waals surface area contributed by atoms with Crippen molar-refractivity contribution in [2.75, 3.05) is 12.8 Å². The Hall–Kier alpha value is -0.130. The highest BCUT2D eigenvalue weighted by Crippen LogP contribution is 2.39. The topological polar surface area (TPSA) is 66.4 Å². The molecule has 1 aliphatic rings. The van der Waals surface area contributed by atoms with Gasteiger partial charge in [0.25, 0.3) is 0 Å². The molecule has 0 spiro atoms. The minimum Gasteiger partial charge on any atom is -0.389 e. The van der Waals surface area contributed by atoms with E-state index in [4.69, 9.17) is 0 Å². The van der Waals surface area contributed by atoms with Gasteiger partial charge in [0.15, 0.2) is 0 Å². The Morgan fingerprint density at radius 1 is 1.20 bits per heavy atom. The van der Waals surface area contributed by atoms with Crippen LogP contribution >= 0.6 is 0 Å². The second kappa shape index (κ2) is 4.03. The average molecular weight is 235 g/mol. The van der Waals surface area contributed by atoms with Crippen LogP contribution in [0, 0.1) is 5.41 Å². The highest BCUT2D eigenvalue weighted by Gasteiger charge is 2.36. The third kappa shape index (κ3) is 4.49. The van der Waals surface area contributed by atoms with Crippen molar-refractivity contribution in [2.24, 2.45) is 5.41 Å². The van der Waals surface area contributed by atoms with Gasteiger partial charge in [-0.25, -0.2) is 13.1 Å². The summed E-state index contributed by atoms with van der Waals surface area (Å²) in [4.78, 5) is 0. The second-order valence-corrected chi connectivity index (χ2v) is 7.31. The van der Waals surface area contributed by atoms with Crippen molar-refractivity contribution in [3.05, 3.63) is 0 Å². The van der Waals surface area contributed by atoms with Crippen LogP contribution in [0.2, 0.25) is 0 Å². The van der Waals surface area contributed by atoms with Crippen molar-refractivity contribution in [3.8, 4) is 0 Å². The summed E-state index contributed by atoms with van der Waals surface area (Å²) in [6.45, 7) is 4.50. The van der Waals surface area contributed by atoms with Gasteiger partial charge in [-0.2, -0.15) is 0 Å². The lowest BCUT2D eigenvalue weighted by molar-refractivity contribution is -0.0205. The van der Waals surface area contributed by atoms with E-state index in [1.165, 1.54) is 0 Å². The van der Waals surface area contributed by atoms with Crippen LogP contribution in [0.5, 0.6) is 0 Å². The lowest BCUT2D eigenvalue weighted by atomic mass is 9.71. The Labute approximate surface area is 92.1 Å². The van der Waals surface area contributed by atoms with Crippen LogP contribution in [-0.4, -0.2) is 31.9 Å². The molecule has 1 fully saturated rings. The molecule has 0 aromatic rings. The van der Waals surface area contributed by atoms with Crippen LogP contribution in [-0.2, 0) is 10.0 Å². The van der Waals surface area contributed by atoms with Crippen molar-refractivity contribution in [2.45, 2.75) is 45.1 Å². The summed E-state index contributed by atoms with van der Waals surface area (Å²) < 4.78 is 24.2. The third-order valence-corrected chi connectivity index (χ3v) is 3.87. The van der Waals surface area contributed by atoms with Gasteiger partial charge in [-0.3, -0.25) is 0 Å². The first-order valence-electron chi connectivity index (χ1n) is 5.29. The molecule has 5 heteroatoms. The van der Waals surface area contributed by atoms with E-state index in [0.717, 1.165) is 19.1 Å². The van der Waals surface area contributed by atoms with Crippen LogP contribution in [0.4, 0.5) is 0 Å². The minimum atomic E-state index is -3.20. The summed E-state index contributed by atoms with van der Waals surface area (Å²) in [7, 11) is -3.20. The SMILES string of the molecule is CC1(C)CCC(O)(CNS(C)(=O)=O)CC1. The van der Waals surface area contributed by atoms with Gasteiger partial charge in [0.05, 0.1) is 11.9 Å². The van der Waals surface area contributed by atoms with Gasteiger partial charge in [0, 0.05) is 6.54 Å². The predicted octanol–water partition coefficient (Wildman–Crippen LogP) is 0.867. The molecule has 0 radical (unpaired) electrons. The van der Waals surface area contributed by atoms with Gasteiger partial charge in [0.1, 0.15) is 0 Å². The van der Waals surface area contributed by atoms with Crippen LogP contribution < -0.4 is 4.72 Å². The van der Waals surface area contributed by atoms with Crippen LogP contribution in [0.15, 0.2) is 0 Å². The molecule has 2 N–H and O–H groups in total. The molecule has 0 bridgehead atoms. The van der Waals surface area contributed by atoms with Crippen LogP contribution in [0.25, 0.3) is 0 Å². The van der Waals surface area contributed by atoms with E-state index in [0.29, 0.717) is 12.8 Å². The number of sulfonamides is 1. The molecule has 0 amide bonds. The summed E-state index contributed by atoms with van der Waals surface area (Å²) in [5.41, 5.74) is -0.573. The summed E-state index contributed by atoms with van der Waals surface area (Å²) in [5, 5.41) is 10.1. The molecule has 0 aliphatic heterocycles. The fraction of sp³-hybridized carbons (Fsp3) is 1.00. The van der Waals surface area contributed by atoms with E-state index in [1.54, 1.807) is 0 Å². The maximum Gasteiger partial charge on any atom is 0.208 e. The van der Waals surface area contributed by atoms with E-state index in [2.05, 4.69) is 18.6 Å². The van der Waals surface area contributed by atoms with E-state index < -0.39 is 15.6 Å². The van der Waals surface area contributed by atoms with Crippen molar-refractivity contribution in [3.63, 3.8) is 0 Å². The zero-order valence-corrected chi connectivity index (χ0v) is 10.5. The fourth-order valence-electron chi connectivity index (χ4n) is 1.83. The number of rotatable bonds is 3. The Kier molecular flexibility index (Phi) is 3.48. The molecule has 0 aromatic carbocycles. The molecule has 1 saturated carbocycles. The maximum atomic E-state index is 10.9. The lowest BCUT2D eigenvalue weighted by Crippen LogP contribution is -2.46. The Balaban J connectivity index is 2.49. The fourth-order valence-corrected chi connectivity index (χ4v) is 2.37. The van der Waals surface area contributed by atoms with Crippen molar-refractivity contribution < 1.29 is 13.5 Å². The molecule has 0 aromatic heterocycles. The average Bonchev–Trinajstić information content (AvgIpc) is 2.07. The zero-order chi connectivity index (χ0) is 11.7. The van der Waals surface area contributed by atoms with Gasteiger partial charge in [-0.15, -0.1) is 0 Å². The van der Waals surface area contributed by atoms with Crippen molar-refractivity contribution in [1.82, 2.24) is 4.72 Å². The van der Waals surface area contributed by atoms with Gasteiger partial charge in [0.2, 0.25) is 10.0 Å². The summed E-state index contributed by atoms with van der Waals surface area (Å²) in [6.07, 6.45) is 4.33. The maximum absolute atomic E-state index is 10.9. The lowest BCUT2D eigenvalue weighted by Gasteiger charge is -2.40. The van der Waals surface area contributed by atoms with E-state index in [1.807, 2.05) is 0 Å². The first-order chi connectivity index (χ1) is 6.62. The largest absolute Gasteiger partial charge is 0.389 e. The van der Waals surface area contributed by atoms with Crippen LogP contribution in [0.3, 0.4) is 0 Å². The van der Waals surface area contributed by atoms with Crippen molar-refractivity contribution >= 4 is 10.0 Å². The second-order valence-electron chi connectivity index (χ2n) is 5.48. The number of hydrogen-bond acceptors (Lipinski definition) is 3. The molecule has 90 valence electrons. The van der Waals surface area contributed by atoms with Gasteiger partial charge in [-0.1, -0.05) is 13.8 Å². The third-order valence-electron chi connectivity index (χ3n) is 3.20. The number of hydrogen-bond donors (Lipinski definition) is 2. The molecule has 4 nitrogen and oxygen atoms in total. The first-order valence-corrected chi connectivity index (χ1v) is 7.18. The monoisotopic (exact) mass is 235 g/mol. The quantitative estimate of drug-likeness (QED) is 0.762. The summed E-state index contributed by atoms with van der Waals surface area (Å²) in [6, 6.07) is 0. The smallest absolute Gasteiger partial charge is 0.208 e. The first kappa shape index (κ1) is 12.9. The molecule has 1 rings (SSSR count). The predicted molar refractivity (Wildman–Crippen MR) is 60.0 cm³/mol. The van der Waals surface area contributed by atoms with E-state index >= 15 is 0 Å². The summed E-state index contributed by atoms with van der Waals surface area (Å²) in [5.74, 6) is 0. The van der Waals surface area contributed by atoms with Crippen molar-refractivity contribution in [1.29, 1.82) is 0 Å². The zero-order valence-electron chi connectivity index (χ0n) is 9.71. The molecular formula is C10H21NO3S. The normalized spacial score (nSPS) is 25.1. The minimum absolute atomic E-state index is 0.141. The van der Waals surface area contributed by atoms with E-state index in [9.17, 15) is 13.5 Å². The van der Waals surface area contributed by atoms with Crippen LogP contribution in [0.1, 0.15) is 39.5 Å². The van der Waals surface area contributed by atoms with Gasteiger partial charge in [-0.05, 0) is 31.1 Å². The van der Waals surface area contributed by atoms with Gasteiger partial charge < -0.3 is 5.11 Å². The Morgan fingerprint density at radius 3 is 2.07 bits per heavy atom. The molecule has 0 heterocycles. The molecule has 0 unspecified atom stereocenters. The summed E-state index contributed by atoms with van der Waals surface area (Å²) >= 11 is 0. The standard InChI is InChI=1S/C10H21NO3S/c1-9(2)4-6-10(12,7-5-9)8-11-15(3,13)14/h11-12H,4-8H2,1-3H3. The Bertz CT molecular complexity index is 312. The highest BCUT2D eigenvalue weighted by atomic mass is 32.2. The molecule has 1 aliphatic carbocycles. The Morgan fingerprint density at radius 2 is 1.67 bits per heavy atom. The molecule has 15 heavy (non-hydrogen) atoms. The van der Waals surface area contributed by atoms with E-state index in [-0.39, 0.29) is 12.0 Å². The molecular weight excluding hydrogens is 214 g/mol. The number of nitrogens with one attached hydrogen (secondary N) is 1. The molecule has 0 atom stereocenters. The number of aliphatic hydroxyl groups is 1.